The second kappa shape index (κ2) is 7.55. The van der Waals surface area contributed by atoms with Crippen LogP contribution in [0.3, 0.4) is 0 Å². The zero-order valence-electron chi connectivity index (χ0n) is 14.3. The fraction of sp³-hybridized carbons (Fsp3) is 0.368. The largest absolute Gasteiger partial charge is 0.355 e. The Bertz CT molecular complexity index is 689. The van der Waals surface area contributed by atoms with Crippen molar-refractivity contribution >= 4 is 5.91 Å². The zero-order valence-corrected chi connectivity index (χ0v) is 14.3. The fourth-order valence-corrected chi connectivity index (χ4v) is 3.21. The summed E-state index contributed by atoms with van der Waals surface area (Å²) in [4.78, 5) is 20.8. The Kier molecular flexibility index (Phi) is 5.23. The van der Waals surface area contributed by atoms with Crippen molar-refractivity contribution in [2.45, 2.75) is 12.6 Å². The summed E-state index contributed by atoms with van der Waals surface area (Å²) in [5.41, 5.74) is 3.19. The van der Waals surface area contributed by atoms with E-state index in [4.69, 9.17) is 0 Å². The molecule has 1 aliphatic rings. The quantitative estimate of drug-likeness (QED) is 0.934. The van der Waals surface area contributed by atoms with Gasteiger partial charge in [-0.05, 0) is 42.4 Å². The highest BCUT2D eigenvalue weighted by atomic mass is 16.1. The van der Waals surface area contributed by atoms with Gasteiger partial charge in [0.15, 0.2) is 0 Å². The van der Waals surface area contributed by atoms with Crippen LogP contribution in [-0.2, 0) is 6.54 Å². The number of piperazine rings is 1. The van der Waals surface area contributed by atoms with Gasteiger partial charge in [-0.1, -0.05) is 12.1 Å². The molecule has 0 radical (unpaired) electrons. The van der Waals surface area contributed by atoms with Crippen molar-refractivity contribution in [1.82, 2.24) is 20.1 Å². The summed E-state index contributed by atoms with van der Waals surface area (Å²) < 4.78 is 0. The Balaban J connectivity index is 1.75. The van der Waals surface area contributed by atoms with Crippen LogP contribution >= 0.6 is 0 Å². The molecule has 1 atom stereocenters. The summed E-state index contributed by atoms with van der Waals surface area (Å²) >= 11 is 0. The van der Waals surface area contributed by atoms with E-state index >= 15 is 0 Å². The molecule has 0 aliphatic carbocycles. The number of likely N-dealkylation sites (N-methyl/N-ethyl adjacent to an activating group) is 1. The number of rotatable bonds is 4. The van der Waals surface area contributed by atoms with Crippen LogP contribution in [0.1, 0.15) is 27.5 Å². The maximum atomic E-state index is 11.9. The molecule has 0 unspecified atom stereocenters. The van der Waals surface area contributed by atoms with Crippen molar-refractivity contribution in [3.05, 3.63) is 65.5 Å². The van der Waals surface area contributed by atoms with E-state index in [2.05, 4.69) is 45.3 Å². The van der Waals surface area contributed by atoms with Crippen molar-refractivity contribution in [2.75, 3.05) is 33.7 Å². The van der Waals surface area contributed by atoms with Gasteiger partial charge in [-0.25, -0.2) is 0 Å². The molecule has 0 bridgehead atoms. The number of aromatic nitrogens is 1. The molecule has 5 heteroatoms. The Morgan fingerprint density at radius 1 is 1.25 bits per heavy atom. The standard InChI is InChI=1S/C19H24N4O/c1-20-19(24)17-5-3-4-16(12-17)18-14-23(11-10-22(18)2)13-15-6-8-21-9-7-15/h3-9,12,18H,10-11,13-14H2,1-2H3,(H,20,24)/t18-/m0/s1. The number of carbonyl (C=O) groups excluding carboxylic acids is 1. The average Bonchev–Trinajstić information content (AvgIpc) is 2.63. The Morgan fingerprint density at radius 3 is 2.79 bits per heavy atom. The molecule has 0 spiro atoms. The monoisotopic (exact) mass is 324 g/mol. The van der Waals surface area contributed by atoms with Crippen LogP contribution in [0.15, 0.2) is 48.8 Å². The van der Waals surface area contributed by atoms with Crippen LogP contribution in [0.25, 0.3) is 0 Å². The van der Waals surface area contributed by atoms with Crippen molar-refractivity contribution < 1.29 is 4.79 Å². The normalized spacial score (nSPS) is 19.2. The molecule has 1 N–H and O–H groups in total. The third-order valence-corrected chi connectivity index (χ3v) is 4.65. The fourth-order valence-electron chi connectivity index (χ4n) is 3.21. The van der Waals surface area contributed by atoms with Gasteiger partial charge < -0.3 is 5.32 Å². The Hall–Kier alpha value is -2.24. The van der Waals surface area contributed by atoms with Crippen LogP contribution in [0.4, 0.5) is 0 Å². The first-order valence-corrected chi connectivity index (χ1v) is 8.31. The molecular formula is C19H24N4O. The number of benzene rings is 1. The van der Waals surface area contributed by atoms with E-state index in [1.54, 1.807) is 7.05 Å². The van der Waals surface area contributed by atoms with Crippen LogP contribution < -0.4 is 5.32 Å². The van der Waals surface area contributed by atoms with E-state index in [9.17, 15) is 4.79 Å². The molecule has 1 saturated heterocycles. The first-order chi connectivity index (χ1) is 11.7. The maximum absolute atomic E-state index is 11.9. The summed E-state index contributed by atoms with van der Waals surface area (Å²) in [6.07, 6.45) is 3.69. The Morgan fingerprint density at radius 2 is 2.04 bits per heavy atom. The molecule has 1 fully saturated rings. The molecule has 1 aromatic heterocycles. The highest BCUT2D eigenvalue weighted by Crippen LogP contribution is 2.25. The van der Waals surface area contributed by atoms with E-state index in [-0.39, 0.29) is 5.91 Å². The molecule has 24 heavy (non-hydrogen) atoms. The molecule has 2 heterocycles. The van der Waals surface area contributed by atoms with Gasteiger partial charge in [0.1, 0.15) is 0 Å². The SMILES string of the molecule is CNC(=O)c1cccc([C@@H]2CN(Cc3ccncc3)CCN2C)c1. The van der Waals surface area contributed by atoms with E-state index in [0.717, 1.165) is 31.7 Å². The second-order valence-electron chi connectivity index (χ2n) is 6.29. The van der Waals surface area contributed by atoms with Gasteiger partial charge in [0, 0.05) is 57.2 Å². The Labute approximate surface area is 143 Å². The summed E-state index contributed by atoms with van der Waals surface area (Å²) in [5.74, 6) is -0.0380. The van der Waals surface area contributed by atoms with E-state index in [1.807, 2.05) is 30.6 Å². The van der Waals surface area contributed by atoms with Crippen molar-refractivity contribution in [1.29, 1.82) is 0 Å². The third kappa shape index (κ3) is 3.80. The van der Waals surface area contributed by atoms with Gasteiger partial charge in [0.25, 0.3) is 5.91 Å². The zero-order chi connectivity index (χ0) is 16.9. The summed E-state index contributed by atoms with van der Waals surface area (Å²) in [7, 11) is 3.82. The number of hydrogen-bond donors (Lipinski definition) is 1. The maximum Gasteiger partial charge on any atom is 0.251 e. The lowest BCUT2D eigenvalue weighted by Gasteiger charge is -2.40. The van der Waals surface area contributed by atoms with Crippen molar-refractivity contribution in [2.24, 2.45) is 0 Å². The van der Waals surface area contributed by atoms with Gasteiger partial charge in [-0.3, -0.25) is 19.6 Å². The van der Waals surface area contributed by atoms with Gasteiger partial charge in [-0.15, -0.1) is 0 Å². The lowest BCUT2D eigenvalue weighted by atomic mass is 10.00. The van der Waals surface area contributed by atoms with Crippen molar-refractivity contribution in [3.8, 4) is 0 Å². The number of nitrogens with one attached hydrogen (secondary N) is 1. The summed E-state index contributed by atoms with van der Waals surface area (Å²) in [6, 6.07) is 12.4. The highest BCUT2D eigenvalue weighted by Gasteiger charge is 2.26. The minimum absolute atomic E-state index is 0.0380. The molecule has 0 saturated carbocycles. The first kappa shape index (κ1) is 16.6. The molecule has 1 amide bonds. The van der Waals surface area contributed by atoms with Crippen LogP contribution in [-0.4, -0.2) is 54.4 Å². The molecule has 1 aromatic carbocycles. The van der Waals surface area contributed by atoms with E-state index < -0.39 is 0 Å². The predicted octanol–water partition coefficient (Wildman–Crippen LogP) is 1.93. The topological polar surface area (TPSA) is 48.5 Å². The summed E-state index contributed by atoms with van der Waals surface area (Å²) in [5, 5.41) is 2.70. The second-order valence-corrected chi connectivity index (χ2v) is 6.29. The summed E-state index contributed by atoms with van der Waals surface area (Å²) in [6.45, 7) is 3.95. The molecule has 3 rings (SSSR count). The molecular weight excluding hydrogens is 300 g/mol. The van der Waals surface area contributed by atoms with Gasteiger partial charge in [0.2, 0.25) is 0 Å². The smallest absolute Gasteiger partial charge is 0.251 e. The van der Waals surface area contributed by atoms with Crippen molar-refractivity contribution in [3.63, 3.8) is 0 Å². The molecule has 5 nitrogen and oxygen atoms in total. The van der Waals surface area contributed by atoms with Crippen LogP contribution in [0, 0.1) is 0 Å². The van der Waals surface area contributed by atoms with E-state index in [0.29, 0.717) is 6.04 Å². The minimum atomic E-state index is -0.0380. The highest BCUT2D eigenvalue weighted by molar-refractivity contribution is 5.94. The third-order valence-electron chi connectivity index (χ3n) is 4.65. The lowest BCUT2D eigenvalue weighted by molar-refractivity contribution is 0.0901. The first-order valence-electron chi connectivity index (χ1n) is 8.31. The minimum Gasteiger partial charge on any atom is -0.355 e. The number of pyridine rings is 1. The van der Waals surface area contributed by atoms with Gasteiger partial charge in [0.05, 0.1) is 0 Å². The average molecular weight is 324 g/mol. The van der Waals surface area contributed by atoms with Crippen LogP contribution in [0.5, 0.6) is 0 Å². The van der Waals surface area contributed by atoms with Gasteiger partial charge in [-0.2, -0.15) is 0 Å². The number of nitrogens with zero attached hydrogens (tertiary/aromatic N) is 3. The lowest BCUT2D eigenvalue weighted by Crippen LogP contribution is -2.46. The number of hydrogen-bond acceptors (Lipinski definition) is 4. The predicted molar refractivity (Wildman–Crippen MR) is 94.7 cm³/mol. The van der Waals surface area contributed by atoms with Crippen LogP contribution in [0.2, 0.25) is 0 Å². The number of carbonyl (C=O) groups is 1. The van der Waals surface area contributed by atoms with Gasteiger partial charge >= 0.3 is 0 Å². The molecule has 1 aliphatic heterocycles. The number of amides is 1. The molecule has 126 valence electrons. The van der Waals surface area contributed by atoms with E-state index in [1.165, 1.54) is 11.1 Å². The molecule has 2 aromatic rings.